The van der Waals surface area contributed by atoms with Gasteiger partial charge in [0.15, 0.2) is 0 Å². The van der Waals surface area contributed by atoms with Crippen molar-refractivity contribution in [1.29, 1.82) is 0 Å². The number of alkyl halides is 6. The van der Waals surface area contributed by atoms with E-state index in [1.54, 1.807) is 4.90 Å². The molecule has 2 aromatic rings. The predicted molar refractivity (Wildman–Crippen MR) is 113 cm³/mol. The van der Waals surface area contributed by atoms with E-state index in [0.717, 1.165) is 27.0 Å². The zero-order valence-corrected chi connectivity index (χ0v) is 18.9. The van der Waals surface area contributed by atoms with Crippen molar-refractivity contribution >= 4 is 33.4 Å². The molecule has 1 spiro atoms. The van der Waals surface area contributed by atoms with Gasteiger partial charge in [0, 0.05) is 29.9 Å². The number of hydrogen-bond donors (Lipinski definition) is 0. The Labute approximate surface area is 195 Å². The Morgan fingerprint density at radius 1 is 1.03 bits per heavy atom. The lowest BCUT2D eigenvalue weighted by atomic mass is 9.85. The summed E-state index contributed by atoms with van der Waals surface area (Å²) in [6, 6.07) is 7.63. The molecule has 4 rings (SSSR count). The summed E-state index contributed by atoms with van der Waals surface area (Å²) in [5.74, 6) is -0.150. The number of fused-ring (bicyclic) bond motifs is 1. The summed E-state index contributed by atoms with van der Waals surface area (Å²) in [5.41, 5.74) is 0.465. The molecule has 0 bridgehead atoms. The first-order chi connectivity index (χ1) is 15.8. The Balaban J connectivity index is 1.45. The van der Waals surface area contributed by atoms with E-state index in [0.29, 0.717) is 17.8 Å². The van der Waals surface area contributed by atoms with Gasteiger partial charge in [0.05, 0.1) is 4.88 Å². The third kappa shape index (κ3) is 4.56. The van der Waals surface area contributed by atoms with Crippen molar-refractivity contribution < 1.29 is 40.7 Å². The largest absolute Gasteiger partial charge is 0.434 e. The average molecular weight is 508 g/mol. The van der Waals surface area contributed by atoms with E-state index in [4.69, 9.17) is 0 Å². The van der Waals surface area contributed by atoms with Gasteiger partial charge in [0.2, 0.25) is 0 Å². The zero-order valence-electron chi connectivity index (χ0n) is 18.1. The molecule has 0 radical (unpaired) electrons. The van der Waals surface area contributed by atoms with Crippen molar-refractivity contribution in [1.82, 2.24) is 9.80 Å². The highest BCUT2D eigenvalue weighted by Gasteiger charge is 2.60. The van der Waals surface area contributed by atoms with Crippen molar-refractivity contribution in [2.24, 2.45) is 0 Å². The summed E-state index contributed by atoms with van der Waals surface area (Å²) >= 11 is 1.39. The van der Waals surface area contributed by atoms with Gasteiger partial charge in [0.25, 0.3) is 12.0 Å². The van der Waals surface area contributed by atoms with E-state index >= 15 is 0 Å². The minimum atomic E-state index is -5.76. The fourth-order valence-electron chi connectivity index (χ4n) is 4.82. The summed E-state index contributed by atoms with van der Waals surface area (Å²) in [7, 11) is 0. The highest BCUT2D eigenvalue weighted by Crippen LogP contribution is 2.42. The van der Waals surface area contributed by atoms with Crippen molar-refractivity contribution in [2.45, 2.75) is 56.6 Å². The minimum Gasteiger partial charge on any atom is -0.426 e. The normalized spacial score (nSPS) is 18.8. The molecule has 186 valence electrons. The summed E-state index contributed by atoms with van der Waals surface area (Å²) in [4.78, 5) is 28.6. The first-order valence-corrected chi connectivity index (χ1v) is 11.5. The van der Waals surface area contributed by atoms with Crippen LogP contribution in [-0.4, -0.2) is 65.4 Å². The molecule has 0 saturated carbocycles. The molecule has 0 atom stereocenters. The van der Waals surface area contributed by atoms with Gasteiger partial charge in [-0.05, 0) is 49.6 Å². The SMILES string of the molecule is Cc1cccc2cc(C(=O)N3CCCC34CCN(C(=O)OC(C(F)(F)F)C(F)(F)F)CC4)sc12. The number of halogens is 6. The summed E-state index contributed by atoms with van der Waals surface area (Å²) in [6.45, 7) is 2.26. The monoisotopic (exact) mass is 508 g/mol. The van der Waals surface area contributed by atoms with Crippen LogP contribution in [0.5, 0.6) is 0 Å². The van der Waals surface area contributed by atoms with Crippen LogP contribution in [0.2, 0.25) is 0 Å². The molecular weight excluding hydrogens is 486 g/mol. The average Bonchev–Trinajstić information content (AvgIpc) is 3.36. The van der Waals surface area contributed by atoms with Crippen molar-refractivity contribution in [3.8, 4) is 0 Å². The van der Waals surface area contributed by atoms with Crippen LogP contribution in [0.4, 0.5) is 31.1 Å². The van der Waals surface area contributed by atoms with E-state index in [1.807, 2.05) is 31.2 Å². The fourth-order valence-corrected chi connectivity index (χ4v) is 5.90. The number of likely N-dealkylation sites (tertiary alicyclic amines) is 2. The van der Waals surface area contributed by atoms with E-state index < -0.39 is 30.1 Å². The van der Waals surface area contributed by atoms with Crippen LogP contribution >= 0.6 is 11.3 Å². The number of carbonyl (C=O) groups excluding carboxylic acids is 2. The van der Waals surface area contributed by atoms with Gasteiger partial charge < -0.3 is 14.5 Å². The zero-order chi connectivity index (χ0) is 24.9. The van der Waals surface area contributed by atoms with Crippen molar-refractivity contribution in [3.05, 3.63) is 34.7 Å². The number of piperidine rings is 1. The molecule has 12 heteroatoms. The number of carbonyl (C=O) groups is 2. The van der Waals surface area contributed by atoms with E-state index in [9.17, 15) is 35.9 Å². The van der Waals surface area contributed by atoms with Gasteiger partial charge in [-0.3, -0.25) is 4.79 Å². The van der Waals surface area contributed by atoms with Crippen LogP contribution in [0.15, 0.2) is 24.3 Å². The third-order valence-corrected chi connectivity index (χ3v) is 7.83. The number of amides is 2. The predicted octanol–water partition coefficient (Wildman–Crippen LogP) is 5.91. The second kappa shape index (κ2) is 8.62. The maximum Gasteiger partial charge on any atom is 0.434 e. The van der Waals surface area contributed by atoms with Crippen LogP contribution in [0, 0.1) is 6.92 Å². The van der Waals surface area contributed by atoms with Crippen LogP contribution in [0.3, 0.4) is 0 Å². The molecule has 2 amide bonds. The Bertz CT molecular complexity index is 1070. The molecule has 1 aromatic carbocycles. The summed E-state index contributed by atoms with van der Waals surface area (Å²) in [5, 5.41) is 0.961. The number of benzene rings is 1. The lowest BCUT2D eigenvalue weighted by Gasteiger charge is -2.44. The van der Waals surface area contributed by atoms with Crippen LogP contribution in [0.25, 0.3) is 10.1 Å². The number of thiophene rings is 1. The van der Waals surface area contributed by atoms with Gasteiger partial charge in [0.1, 0.15) is 0 Å². The molecule has 0 N–H and O–H groups in total. The van der Waals surface area contributed by atoms with E-state index in [-0.39, 0.29) is 31.8 Å². The number of rotatable bonds is 2. The molecule has 2 fully saturated rings. The Morgan fingerprint density at radius 3 is 2.26 bits per heavy atom. The molecule has 0 unspecified atom stereocenters. The van der Waals surface area contributed by atoms with Crippen molar-refractivity contribution in [2.75, 3.05) is 19.6 Å². The summed E-state index contributed by atoms with van der Waals surface area (Å²) in [6.07, 6.45) is -15.5. The summed E-state index contributed by atoms with van der Waals surface area (Å²) < 4.78 is 81.2. The Kier molecular flexibility index (Phi) is 6.24. The molecule has 5 nitrogen and oxygen atoms in total. The van der Waals surface area contributed by atoms with E-state index in [1.165, 1.54) is 11.3 Å². The smallest absolute Gasteiger partial charge is 0.426 e. The molecule has 3 heterocycles. The van der Waals surface area contributed by atoms with Crippen LogP contribution < -0.4 is 0 Å². The van der Waals surface area contributed by atoms with Gasteiger partial charge in [-0.25, -0.2) is 4.79 Å². The van der Waals surface area contributed by atoms with Gasteiger partial charge >= 0.3 is 18.4 Å². The lowest BCUT2D eigenvalue weighted by Crippen LogP contribution is -2.56. The molecule has 2 aliphatic rings. The van der Waals surface area contributed by atoms with Gasteiger partial charge in [-0.15, -0.1) is 11.3 Å². The van der Waals surface area contributed by atoms with E-state index in [2.05, 4.69) is 4.74 Å². The highest BCUT2D eigenvalue weighted by molar-refractivity contribution is 7.21. The Hall–Kier alpha value is -2.50. The van der Waals surface area contributed by atoms with Crippen LogP contribution in [-0.2, 0) is 4.74 Å². The standard InChI is InChI=1S/C22H22F6N2O3S/c1-13-4-2-5-14-12-15(34-16(13)14)17(31)30-9-3-6-20(30)7-10-29(11-8-20)19(32)33-18(21(23,24)25)22(26,27)28/h2,4-5,12,18H,3,6-11H2,1H3. The fraction of sp³-hybridized carbons (Fsp3) is 0.545. The second-order valence-corrected chi connectivity index (χ2v) is 9.77. The maximum absolute atomic E-state index is 13.4. The number of aryl methyl sites for hydroxylation is 1. The molecule has 0 aliphatic carbocycles. The Morgan fingerprint density at radius 2 is 1.68 bits per heavy atom. The van der Waals surface area contributed by atoms with Gasteiger partial charge in [-0.1, -0.05) is 18.2 Å². The third-order valence-electron chi connectivity index (χ3n) is 6.56. The van der Waals surface area contributed by atoms with Gasteiger partial charge in [-0.2, -0.15) is 26.3 Å². The molecule has 2 aliphatic heterocycles. The molecule has 2 saturated heterocycles. The number of ether oxygens (including phenoxy) is 1. The quantitative estimate of drug-likeness (QED) is 0.474. The lowest BCUT2D eigenvalue weighted by molar-refractivity contribution is -0.308. The maximum atomic E-state index is 13.4. The topological polar surface area (TPSA) is 49.9 Å². The number of nitrogens with zero attached hydrogens (tertiary/aromatic N) is 2. The second-order valence-electron chi connectivity index (χ2n) is 8.72. The first kappa shape index (κ1) is 24.6. The molecule has 1 aromatic heterocycles. The first-order valence-electron chi connectivity index (χ1n) is 10.7. The highest BCUT2D eigenvalue weighted by atomic mass is 32.1. The molecule has 34 heavy (non-hydrogen) atoms. The number of hydrogen-bond acceptors (Lipinski definition) is 4. The minimum absolute atomic E-state index is 0.101. The van der Waals surface area contributed by atoms with Crippen molar-refractivity contribution in [3.63, 3.8) is 0 Å². The molecular formula is C22H22F6N2O3S. The van der Waals surface area contributed by atoms with Crippen LogP contribution in [0.1, 0.15) is 40.9 Å².